The molecule has 1 aromatic rings. The molecule has 4 nitrogen and oxygen atoms in total. The van der Waals surface area contributed by atoms with Gasteiger partial charge in [-0.3, -0.25) is 0 Å². The number of anilines is 1. The first kappa shape index (κ1) is 14.9. The van der Waals surface area contributed by atoms with Gasteiger partial charge in [0.05, 0.1) is 16.6 Å². The number of carbonyl (C=O) groups is 1. The molecule has 3 N–H and O–H groups in total. The maximum atomic E-state index is 12.6. The monoisotopic (exact) mass is 298 g/mol. The van der Waals surface area contributed by atoms with Crippen LogP contribution in [0.3, 0.4) is 0 Å². The van der Waals surface area contributed by atoms with Crippen molar-refractivity contribution < 1.29 is 18.7 Å². The molecule has 0 radical (unpaired) electrons. The molecule has 0 spiro atoms. The molecule has 0 aliphatic carbocycles. The van der Waals surface area contributed by atoms with Gasteiger partial charge in [-0.25, -0.2) is 13.6 Å². The van der Waals surface area contributed by atoms with Crippen LogP contribution in [0.1, 0.15) is 0 Å². The number of hydrogen-bond acceptors (Lipinski definition) is 2. The molecule has 2 amide bonds. The fraction of sp³-hybridized carbons (Fsp3) is 0.300. The van der Waals surface area contributed by atoms with Crippen LogP contribution in [-0.2, 0) is 0 Å². The number of alkyl halides is 2. The second-order valence-electron chi connectivity index (χ2n) is 3.45. The van der Waals surface area contributed by atoms with Gasteiger partial charge in [0.1, 0.15) is 6.61 Å². The SMILES string of the molecule is O=C(NCC(F)(F)CO)Nc1ccc(Cl)c(Cl)c1. The van der Waals surface area contributed by atoms with Crippen molar-refractivity contribution in [1.82, 2.24) is 5.32 Å². The summed E-state index contributed by atoms with van der Waals surface area (Å²) in [5.74, 6) is -3.35. The summed E-state index contributed by atoms with van der Waals surface area (Å²) in [7, 11) is 0. The van der Waals surface area contributed by atoms with E-state index in [9.17, 15) is 13.6 Å². The zero-order valence-electron chi connectivity index (χ0n) is 9.01. The van der Waals surface area contributed by atoms with Crippen molar-refractivity contribution in [2.24, 2.45) is 0 Å². The largest absolute Gasteiger partial charge is 0.390 e. The molecule has 8 heteroatoms. The molecule has 0 aliphatic heterocycles. The van der Waals surface area contributed by atoms with Crippen molar-refractivity contribution >= 4 is 34.9 Å². The summed E-state index contributed by atoms with van der Waals surface area (Å²) < 4.78 is 25.3. The number of benzene rings is 1. The van der Waals surface area contributed by atoms with Crippen LogP contribution in [0, 0.1) is 0 Å². The summed E-state index contributed by atoms with van der Waals surface area (Å²) in [4.78, 5) is 11.3. The highest BCUT2D eigenvalue weighted by molar-refractivity contribution is 6.42. The van der Waals surface area contributed by atoms with Gasteiger partial charge in [0.25, 0.3) is 5.92 Å². The second kappa shape index (κ2) is 6.17. The molecule has 18 heavy (non-hydrogen) atoms. The van der Waals surface area contributed by atoms with Gasteiger partial charge in [-0.2, -0.15) is 0 Å². The highest BCUT2D eigenvalue weighted by Gasteiger charge is 2.28. The lowest BCUT2D eigenvalue weighted by atomic mass is 10.3. The molecule has 0 aliphatic rings. The highest BCUT2D eigenvalue weighted by Crippen LogP contribution is 2.24. The van der Waals surface area contributed by atoms with Gasteiger partial charge in [0, 0.05) is 5.69 Å². The lowest BCUT2D eigenvalue weighted by Crippen LogP contribution is -2.40. The third-order valence-corrected chi connectivity index (χ3v) is 2.66. The van der Waals surface area contributed by atoms with E-state index in [-0.39, 0.29) is 5.02 Å². The number of hydrogen-bond donors (Lipinski definition) is 3. The molecule has 0 saturated carbocycles. The molecular formula is C10H10Cl2F2N2O2. The molecule has 0 aromatic heterocycles. The lowest BCUT2D eigenvalue weighted by Gasteiger charge is -2.14. The summed E-state index contributed by atoms with van der Waals surface area (Å²) in [5, 5.41) is 13.1. The van der Waals surface area contributed by atoms with Gasteiger partial charge >= 0.3 is 6.03 Å². The summed E-state index contributed by atoms with van der Waals surface area (Å²) in [5.41, 5.74) is 0.314. The first-order valence-electron chi connectivity index (χ1n) is 4.82. The Labute approximate surface area is 112 Å². The minimum Gasteiger partial charge on any atom is -0.390 e. The number of nitrogens with one attached hydrogen (secondary N) is 2. The smallest absolute Gasteiger partial charge is 0.319 e. The Balaban J connectivity index is 2.52. The third-order valence-electron chi connectivity index (χ3n) is 1.92. The van der Waals surface area contributed by atoms with E-state index in [1.165, 1.54) is 18.2 Å². The molecule has 0 bridgehead atoms. The number of aliphatic hydroxyl groups is 1. The number of rotatable bonds is 4. The quantitative estimate of drug-likeness (QED) is 0.800. The van der Waals surface area contributed by atoms with Crippen molar-refractivity contribution in [3.8, 4) is 0 Å². The first-order chi connectivity index (χ1) is 8.34. The Hall–Kier alpha value is -1.11. The van der Waals surface area contributed by atoms with E-state index < -0.39 is 25.1 Å². The van der Waals surface area contributed by atoms with E-state index >= 15 is 0 Å². The van der Waals surface area contributed by atoms with Crippen LogP contribution >= 0.6 is 23.2 Å². The predicted molar refractivity (Wildman–Crippen MR) is 65.5 cm³/mol. The summed E-state index contributed by atoms with van der Waals surface area (Å²) in [6, 6.07) is 3.48. The number of aliphatic hydroxyl groups excluding tert-OH is 1. The second-order valence-corrected chi connectivity index (χ2v) is 4.27. The molecule has 0 atom stereocenters. The molecule has 1 aromatic carbocycles. The summed E-state index contributed by atoms with van der Waals surface area (Å²) >= 11 is 11.4. The van der Waals surface area contributed by atoms with E-state index in [0.29, 0.717) is 10.7 Å². The molecule has 0 heterocycles. The van der Waals surface area contributed by atoms with Crippen LogP contribution in [0.15, 0.2) is 18.2 Å². The number of amides is 2. The fourth-order valence-corrected chi connectivity index (χ4v) is 1.31. The average molecular weight is 299 g/mol. The summed E-state index contributed by atoms with van der Waals surface area (Å²) in [6.07, 6.45) is 0. The molecule has 0 saturated heterocycles. The summed E-state index contributed by atoms with van der Waals surface area (Å²) in [6.45, 7) is -2.29. The Morgan fingerprint density at radius 3 is 2.56 bits per heavy atom. The Bertz CT molecular complexity index is 444. The molecule has 1 rings (SSSR count). The van der Waals surface area contributed by atoms with Crippen molar-refractivity contribution in [3.05, 3.63) is 28.2 Å². The van der Waals surface area contributed by atoms with Crippen LogP contribution in [0.4, 0.5) is 19.3 Å². The standard InChI is InChI=1S/C10H10Cl2F2N2O2/c11-7-2-1-6(3-8(7)12)16-9(18)15-4-10(13,14)5-17/h1-3,17H,4-5H2,(H2,15,16,18). The van der Waals surface area contributed by atoms with E-state index in [0.717, 1.165) is 0 Å². The predicted octanol–water partition coefficient (Wildman–Crippen LogP) is 2.74. The molecule has 0 unspecified atom stereocenters. The molecule has 0 fully saturated rings. The van der Waals surface area contributed by atoms with E-state index in [1.54, 1.807) is 0 Å². The maximum Gasteiger partial charge on any atom is 0.319 e. The van der Waals surface area contributed by atoms with Crippen LogP contribution in [-0.4, -0.2) is 30.2 Å². The number of urea groups is 1. The first-order valence-corrected chi connectivity index (χ1v) is 5.58. The van der Waals surface area contributed by atoms with Crippen molar-refractivity contribution in [2.75, 3.05) is 18.5 Å². The Kier molecular flexibility index (Phi) is 5.13. The number of carbonyl (C=O) groups excluding carboxylic acids is 1. The number of halogens is 4. The van der Waals surface area contributed by atoms with Gasteiger partial charge in [0.15, 0.2) is 0 Å². The van der Waals surface area contributed by atoms with Crippen molar-refractivity contribution in [2.45, 2.75) is 5.92 Å². The van der Waals surface area contributed by atoms with E-state index in [4.69, 9.17) is 28.3 Å². The fourth-order valence-electron chi connectivity index (χ4n) is 1.01. The highest BCUT2D eigenvalue weighted by atomic mass is 35.5. The van der Waals surface area contributed by atoms with Gasteiger partial charge in [0.2, 0.25) is 0 Å². The minimum absolute atomic E-state index is 0.232. The normalized spacial score (nSPS) is 11.2. The van der Waals surface area contributed by atoms with Crippen LogP contribution < -0.4 is 10.6 Å². The Morgan fingerprint density at radius 1 is 1.33 bits per heavy atom. The van der Waals surface area contributed by atoms with Gasteiger partial charge in [-0.15, -0.1) is 0 Å². The zero-order valence-corrected chi connectivity index (χ0v) is 10.5. The van der Waals surface area contributed by atoms with Gasteiger partial charge in [-0.1, -0.05) is 23.2 Å². The van der Waals surface area contributed by atoms with Crippen LogP contribution in [0.25, 0.3) is 0 Å². The van der Waals surface area contributed by atoms with Crippen molar-refractivity contribution in [1.29, 1.82) is 0 Å². The van der Waals surface area contributed by atoms with Crippen LogP contribution in [0.2, 0.25) is 10.0 Å². The Morgan fingerprint density at radius 2 is 2.00 bits per heavy atom. The third kappa shape index (κ3) is 4.64. The zero-order chi connectivity index (χ0) is 13.8. The molecule has 100 valence electrons. The minimum atomic E-state index is -3.35. The average Bonchev–Trinajstić information content (AvgIpc) is 2.32. The lowest BCUT2D eigenvalue weighted by molar-refractivity contribution is -0.0451. The molecular weight excluding hydrogens is 289 g/mol. The van der Waals surface area contributed by atoms with Gasteiger partial charge in [-0.05, 0) is 18.2 Å². The maximum absolute atomic E-state index is 12.6. The van der Waals surface area contributed by atoms with Crippen LogP contribution in [0.5, 0.6) is 0 Å². The van der Waals surface area contributed by atoms with E-state index in [1.807, 2.05) is 5.32 Å². The van der Waals surface area contributed by atoms with Crippen molar-refractivity contribution in [3.63, 3.8) is 0 Å². The topological polar surface area (TPSA) is 61.4 Å². The van der Waals surface area contributed by atoms with Gasteiger partial charge < -0.3 is 15.7 Å². The van der Waals surface area contributed by atoms with E-state index in [2.05, 4.69) is 5.32 Å².